The summed E-state index contributed by atoms with van der Waals surface area (Å²) in [5.41, 5.74) is 1.05. The van der Waals surface area contributed by atoms with Crippen molar-refractivity contribution in [2.75, 3.05) is 13.1 Å². The van der Waals surface area contributed by atoms with Gasteiger partial charge in [0.05, 0.1) is 6.54 Å². The Hall–Kier alpha value is -3.39. The van der Waals surface area contributed by atoms with Crippen molar-refractivity contribution in [2.24, 2.45) is 0 Å². The van der Waals surface area contributed by atoms with Crippen LogP contribution in [0.4, 0.5) is 4.79 Å². The van der Waals surface area contributed by atoms with E-state index in [2.05, 4.69) is 5.32 Å². The number of hydrogen-bond donors (Lipinski definition) is 1. The summed E-state index contributed by atoms with van der Waals surface area (Å²) in [6.45, 7) is 5.77. The molecule has 2 aromatic carbocycles. The lowest BCUT2D eigenvalue weighted by molar-refractivity contribution is -0.150. The molecule has 0 spiro atoms. The zero-order chi connectivity index (χ0) is 24.6. The average Bonchev–Trinajstić information content (AvgIpc) is 3.25. The lowest BCUT2D eigenvalue weighted by Gasteiger charge is -2.27. The van der Waals surface area contributed by atoms with E-state index in [1.807, 2.05) is 60.7 Å². The number of esters is 2. The molecule has 1 amide bonds. The Kier molecular flexibility index (Phi) is 8.65. The van der Waals surface area contributed by atoms with E-state index in [1.54, 1.807) is 20.8 Å². The Morgan fingerprint density at radius 2 is 1.47 bits per heavy atom. The van der Waals surface area contributed by atoms with Gasteiger partial charge in [-0.2, -0.15) is 0 Å². The Labute approximate surface area is 200 Å². The number of ether oxygens (including phenoxy) is 3. The molecule has 1 heterocycles. The molecule has 1 aliphatic rings. The molecule has 2 aromatic rings. The van der Waals surface area contributed by atoms with Gasteiger partial charge in [0.2, 0.25) is 0 Å². The molecular weight excluding hydrogens is 436 g/mol. The number of hydrogen-bond acceptors (Lipinski definition) is 7. The van der Waals surface area contributed by atoms with Crippen molar-refractivity contribution in [3.8, 4) is 0 Å². The SMILES string of the molecule is CC(C)(C)OC(=O)N1C[C@@H](NCC(=O)OCc2ccccc2)C[C@H]1C(=O)OCc1ccccc1. The van der Waals surface area contributed by atoms with Crippen LogP contribution in [0.5, 0.6) is 0 Å². The van der Waals surface area contributed by atoms with E-state index in [0.29, 0.717) is 6.42 Å². The van der Waals surface area contributed by atoms with Crippen LogP contribution in [-0.2, 0) is 37.0 Å². The molecule has 34 heavy (non-hydrogen) atoms. The Balaban J connectivity index is 1.56. The molecule has 3 rings (SSSR count). The number of carbonyl (C=O) groups excluding carboxylic acids is 3. The maximum Gasteiger partial charge on any atom is 0.411 e. The van der Waals surface area contributed by atoms with E-state index < -0.39 is 29.7 Å². The number of likely N-dealkylation sites (tertiary alicyclic amines) is 1. The molecule has 0 unspecified atom stereocenters. The highest BCUT2D eigenvalue weighted by molar-refractivity contribution is 5.82. The lowest BCUT2D eigenvalue weighted by Crippen LogP contribution is -2.44. The molecule has 8 heteroatoms. The van der Waals surface area contributed by atoms with Crippen molar-refractivity contribution in [1.82, 2.24) is 10.2 Å². The molecule has 1 N–H and O–H groups in total. The van der Waals surface area contributed by atoms with Crippen LogP contribution in [0.1, 0.15) is 38.3 Å². The molecule has 0 aromatic heterocycles. The maximum atomic E-state index is 12.9. The van der Waals surface area contributed by atoms with Gasteiger partial charge in [0.1, 0.15) is 24.9 Å². The third-order valence-corrected chi connectivity index (χ3v) is 5.20. The molecule has 1 fully saturated rings. The van der Waals surface area contributed by atoms with Crippen LogP contribution in [0.25, 0.3) is 0 Å². The zero-order valence-corrected chi connectivity index (χ0v) is 19.9. The van der Waals surface area contributed by atoms with Gasteiger partial charge >= 0.3 is 18.0 Å². The van der Waals surface area contributed by atoms with Gasteiger partial charge in [-0.1, -0.05) is 60.7 Å². The average molecular weight is 469 g/mol. The second-order valence-electron chi connectivity index (χ2n) is 9.20. The number of nitrogens with zero attached hydrogens (tertiary/aromatic N) is 1. The van der Waals surface area contributed by atoms with E-state index in [0.717, 1.165) is 11.1 Å². The first kappa shape index (κ1) is 25.2. The van der Waals surface area contributed by atoms with Crippen molar-refractivity contribution in [3.63, 3.8) is 0 Å². The first-order valence-corrected chi connectivity index (χ1v) is 11.3. The van der Waals surface area contributed by atoms with Crippen molar-refractivity contribution in [2.45, 2.75) is 58.1 Å². The molecule has 2 atom stereocenters. The van der Waals surface area contributed by atoms with Crippen LogP contribution in [0, 0.1) is 0 Å². The second kappa shape index (κ2) is 11.7. The summed E-state index contributed by atoms with van der Waals surface area (Å²) in [5.74, 6) is -0.923. The summed E-state index contributed by atoms with van der Waals surface area (Å²) in [7, 11) is 0. The van der Waals surface area contributed by atoms with Crippen molar-refractivity contribution >= 4 is 18.0 Å². The minimum Gasteiger partial charge on any atom is -0.460 e. The van der Waals surface area contributed by atoms with Crippen molar-refractivity contribution in [1.29, 1.82) is 0 Å². The molecule has 1 saturated heterocycles. The monoisotopic (exact) mass is 468 g/mol. The van der Waals surface area contributed by atoms with E-state index in [1.165, 1.54) is 4.90 Å². The summed E-state index contributed by atoms with van der Waals surface area (Å²) in [4.78, 5) is 39.2. The van der Waals surface area contributed by atoms with Crippen LogP contribution < -0.4 is 5.32 Å². The fraction of sp³-hybridized carbons (Fsp3) is 0.423. The molecule has 182 valence electrons. The van der Waals surface area contributed by atoms with E-state index in [-0.39, 0.29) is 32.3 Å². The van der Waals surface area contributed by atoms with Gasteiger partial charge in [0.25, 0.3) is 0 Å². The quantitative estimate of drug-likeness (QED) is 0.468. The van der Waals surface area contributed by atoms with Crippen molar-refractivity contribution in [3.05, 3.63) is 71.8 Å². The summed E-state index contributed by atoms with van der Waals surface area (Å²) in [5, 5.41) is 3.09. The minimum atomic E-state index is -0.809. The number of amides is 1. The Morgan fingerprint density at radius 3 is 2.03 bits per heavy atom. The van der Waals surface area contributed by atoms with Gasteiger partial charge in [0.15, 0.2) is 0 Å². The molecule has 0 aliphatic carbocycles. The topological polar surface area (TPSA) is 94.2 Å². The predicted molar refractivity (Wildman–Crippen MR) is 126 cm³/mol. The number of benzene rings is 2. The third-order valence-electron chi connectivity index (χ3n) is 5.20. The Morgan fingerprint density at radius 1 is 0.912 bits per heavy atom. The normalized spacial score (nSPS) is 17.8. The van der Waals surface area contributed by atoms with E-state index >= 15 is 0 Å². The number of nitrogens with one attached hydrogen (secondary N) is 1. The largest absolute Gasteiger partial charge is 0.460 e. The lowest BCUT2D eigenvalue weighted by atomic mass is 10.1. The summed E-state index contributed by atoms with van der Waals surface area (Å²) in [6, 6.07) is 17.6. The highest BCUT2D eigenvalue weighted by atomic mass is 16.6. The molecule has 0 radical (unpaired) electrons. The molecule has 8 nitrogen and oxygen atoms in total. The van der Waals surface area contributed by atoms with Gasteiger partial charge in [-0.15, -0.1) is 0 Å². The van der Waals surface area contributed by atoms with Gasteiger partial charge in [-0.3, -0.25) is 9.69 Å². The fourth-order valence-electron chi connectivity index (χ4n) is 3.57. The highest BCUT2D eigenvalue weighted by Gasteiger charge is 2.42. The van der Waals surface area contributed by atoms with Crippen LogP contribution in [0.15, 0.2) is 60.7 Å². The van der Waals surface area contributed by atoms with Crippen LogP contribution in [0.3, 0.4) is 0 Å². The van der Waals surface area contributed by atoms with Gasteiger partial charge in [-0.25, -0.2) is 9.59 Å². The zero-order valence-electron chi connectivity index (χ0n) is 19.9. The van der Waals surface area contributed by atoms with Gasteiger partial charge < -0.3 is 19.5 Å². The fourth-order valence-corrected chi connectivity index (χ4v) is 3.57. The van der Waals surface area contributed by atoms with Crippen LogP contribution in [0.2, 0.25) is 0 Å². The smallest absolute Gasteiger partial charge is 0.411 e. The number of carbonyl (C=O) groups is 3. The first-order valence-electron chi connectivity index (χ1n) is 11.3. The second-order valence-corrected chi connectivity index (χ2v) is 9.20. The van der Waals surface area contributed by atoms with Crippen LogP contribution >= 0.6 is 0 Å². The summed E-state index contributed by atoms with van der Waals surface area (Å²) in [6.07, 6.45) is -0.288. The maximum absolute atomic E-state index is 12.9. The summed E-state index contributed by atoms with van der Waals surface area (Å²) >= 11 is 0. The summed E-state index contributed by atoms with van der Waals surface area (Å²) < 4.78 is 16.3. The van der Waals surface area contributed by atoms with Crippen molar-refractivity contribution < 1.29 is 28.6 Å². The van der Waals surface area contributed by atoms with Gasteiger partial charge in [-0.05, 0) is 38.3 Å². The highest BCUT2D eigenvalue weighted by Crippen LogP contribution is 2.23. The predicted octanol–water partition coefficient (Wildman–Crippen LogP) is 3.44. The first-order chi connectivity index (χ1) is 16.2. The molecule has 1 aliphatic heterocycles. The third kappa shape index (κ3) is 7.88. The standard InChI is InChI=1S/C26H32N2O6/c1-26(2,3)34-25(31)28-16-21(27-15-23(29)32-17-19-10-6-4-7-11-19)14-22(28)24(30)33-18-20-12-8-5-9-13-20/h4-13,21-22,27H,14-18H2,1-3H3/t21-,22-/m0/s1. The Bertz CT molecular complexity index is 958. The van der Waals surface area contributed by atoms with E-state index in [4.69, 9.17) is 14.2 Å². The molecule has 0 bridgehead atoms. The number of rotatable bonds is 8. The van der Waals surface area contributed by atoms with Crippen LogP contribution in [-0.4, -0.2) is 53.7 Å². The minimum absolute atomic E-state index is 0.0363. The molecule has 0 saturated carbocycles. The molecular formula is C26H32N2O6. The van der Waals surface area contributed by atoms with E-state index in [9.17, 15) is 14.4 Å². The van der Waals surface area contributed by atoms with Gasteiger partial charge in [0, 0.05) is 12.6 Å².